The maximum Gasteiger partial charge on any atom is 0.231 e. The van der Waals surface area contributed by atoms with Gasteiger partial charge in [0.2, 0.25) is 5.13 Å². The van der Waals surface area contributed by atoms with Crippen molar-refractivity contribution in [3.05, 3.63) is 18.5 Å². The van der Waals surface area contributed by atoms with Crippen LogP contribution in [0.4, 0.5) is 0 Å². The van der Waals surface area contributed by atoms with Crippen molar-refractivity contribution in [3.63, 3.8) is 0 Å². The lowest BCUT2D eigenvalue weighted by atomic mass is 9.96. The van der Waals surface area contributed by atoms with Crippen molar-refractivity contribution in [3.8, 4) is 5.13 Å². The van der Waals surface area contributed by atoms with E-state index in [9.17, 15) is 0 Å². The minimum Gasteiger partial charge on any atom is -0.223 e. The first-order chi connectivity index (χ1) is 6.57. The van der Waals surface area contributed by atoms with Gasteiger partial charge in [-0.1, -0.05) is 20.8 Å². The molecule has 2 aromatic heterocycles. The zero-order valence-corrected chi connectivity index (χ0v) is 9.12. The van der Waals surface area contributed by atoms with Gasteiger partial charge in [0, 0.05) is 16.9 Å². The Morgan fingerprint density at radius 2 is 2.14 bits per heavy atom. The molecule has 2 rings (SSSR count). The highest BCUT2D eigenvalue weighted by atomic mass is 32.1. The van der Waals surface area contributed by atoms with Gasteiger partial charge in [0.05, 0.1) is 0 Å². The first-order valence-corrected chi connectivity index (χ1v) is 5.04. The molecule has 0 amide bonds. The van der Waals surface area contributed by atoms with E-state index in [1.165, 1.54) is 17.9 Å². The number of hydrogen-bond donors (Lipinski definition) is 0. The van der Waals surface area contributed by atoms with Gasteiger partial charge in [0.25, 0.3) is 0 Å². The maximum absolute atomic E-state index is 4.39. The van der Waals surface area contributed by atoms with Gasteiger partial charge >= 0.3 is 0 Å². The Morgan fingerprint density at radius 3 is 2.64 bits per heavy atom. The fraction of sp³-hybridized carbons (Fsp3) is 0.500. The Labute approximate surface area is 86.0 Å². The summed E-state index contributed by atoms with van der Waals surface area (Å²) in [5, 5.41) is 4.75. The second-order valence-electron chi connectivity index (χ2n) is 3.99. The van der Waals surface area contributed by atoms with E-state index in [0.29, 0.717) is 0 Å². The topological polar surface area (TPSA) is 56.5 Å². The van der Waals surface area contributed by atoms with Crippen molar-refractivity contribution in [1.82, 2.24) is 24.1 Å². The van der Waals surface area contributed by atoms with Crippen LogP contribution in [0.1, 0.15) is 26.6 Å². The van der Waals surface area contributed by atoms with E-state index in [0.717, 1.165) is 11.0 Å². The number of aromatic nitrogens is 5. The van der Waals surface area contributed by atoms with Crippen LogP contribution in [0.3, 0.4) is 0 Å². The summed E-state index contributed by atoms with van der Waals surface area (Å²) in [7, 11) is 0. The molecule has 2 heterocycles. The zero-order valence-electron chi connectivity index (χ0n) is 8.30. The predicted molar refractivity (Wildman–Crippen MR) is 53.5 cm³/mol. The fourth-order valence-corrected chi connectivity index (χ4v) is 1.71. The van der Waals surface area contributed by atoms with Gasteiger partial charge in [0.15, 0.2) is 0 Å². The number of rotatable bonds is 1. The van der Waals surface area contributed by atoms with Crippen molar-refractivity contribution in [2.24, 2.45) is 0 Å². The molecule has 6 heteroatoms. The van der Waals surface area contributed by atoms with Crippen LogP contribution in [0.2, 0.25) is 0 Å². The van der Waals surface area contributed by atoms with Gasteiger partial charge in [-0.25, -0.2) is 9.97 Å². The van der Waals surface area contributed by atoms with Gasteiger partial charge in [-0.3, -0.25) is 0 Å². The minimum atomic E-state index is -0.0185. The molecule has 0 aliphatic carbocycles. The second-order valence-corrected chi connectivity index (χ2v) is 4.72. The largest absolute Gasteiger partial charge is 0.231 e. The smallest absolute Gasteiger partial charge is 0.223 e. The molecule has 0 fully saturated rings. The summed E-state index contributed by atoms with van der Waals surface area (Å²) in [5.74, 6) is 0.841. The molecule has 0 N–H and O–H groups in total. The fourth-order valence-electron chi connectivity index (χ4n) is 0.920. The summed E-state index contributed by atoms with van der Waals surface area (Å²) in [6.07, 6.45) is 3.10. The molecule has 0 aliphatic rings. The Bertz CT molecular complexity index is 411. The predicted octanol–water partition coefficient (Wildman–Crippen LogP) is 1.42. The molecule has 0 aliphatic heterocycles. The normalized spacial score (nSPS) is 11.9. The van der Waals surface area contributed by atoms with E-state index >= 15 is 0 Å². The van der Waals surface area contributed by atoms with Crippen molar-refractivity contribution in [2.45, 2.75) is 26.2 Å². The monoisotopic (exact) mass is 209 g/mol. The van der Waals surface area contributed by atoms with E-state index in [1.54, 1.807) is 11.0 Å². The van der Waals surface area contributed by atoms with Crippen molar-refractivity contribution >= 4 is 11.5 Å². The van der Waals surface area contributed by atoms with Crippen LogP contribution < -0.4 is 0 Å². The SMILES string of the molecule is CC(C)(C)c1nsc(-n2cncn2)n1. The molecule has 0 atom stereocenters. The van der Waals surface area contributed by atoms with E-state index in [-0.39, 0.29) is 5.41 Å². The number of hydrogen-bond acceptors (Lipinski definition) is 5. The molecule has 2 aromatic rings. The molecule has 5 nitrogen and oxygen atoms in total. The molecular formula is C8H11N5S. The highest BCUT2D eigenvalue weighted by Gasteiger charge is 2.20. The highest BCUT2D eigenvalue weighted by molar-refractivity contribution is 7.08. The Hall–Kier alpha value is -1.30. The van der Waals surface area contributed by atoms with Crippen LogP contribution in [-0.2, 0) is 5.41 Å². The average Bonchev–Trinajstić information content (AvgIpc) is 2.73. The summed E-state index contributed by atoms with van der Waals surface area (Å²) in [6, 6.07) is 0. The summed E-state index contributed by atoms with van der Waals surface area (Å²) >= 11 is 1.33. The van der Waals surface area contributed by atoms with Gasteiger partial charge in [-0.05, 0) is 0 Å². The Kier molecular flexibility index (Phi) is 2.07. The van der Waals surface area contributed by atoms with Crippen LogP contribution in [0.15, 0.2) is 12.7 Å². The van der Waals surface area contributed by atoms with Crippen LogP contribution in [0.25, 0.3) is 5.13 Å². The molecule has 74 valence electrons. The summed E-state index contributed by atoms with van der Waals surface area (Å²) < 4.78 is 5.90. The third-order valence-corrected chi connectivity index (χ3v) is 2.41. The second kappa shape index (κ2) is 3.13. The quantitative estimate of drug-likeness (QED) is 0.712. The number of nitrogens with zero attached hydrogens (tertiary/aromatic N) is 5. The van der Waals surface area contributed by atoms with Gasteiger partial charge in [-0.2, -0.15) is 14.2 Å². The lowest BCUT2D eigenvalue weighted by Gasteiger charge is -2.11. The molecule has 14 heavy (non-hydrogen) atoms. The summed E-state index contributed by atoms with van der Waals surface area (Å²) in [4.78, 5) is 8.25. The first-order valence-electron chi connectivity index (χ1n) is 4.26. The average molecular weight is 209 g/mol. The zero-order chi connectivity index (χ0) is 10.2. The Balaban J connectivity index is 2.36. The van der Waals surface area contributed by atoms with Crippen LogP contribution in [0.5, 0.6) is 0 Å². The summed E-state index contributed by atoms with van der Waals surface area (Å²) in [5.41, 5.74) is -0.0185. The minimum absolute atomic E-state index is 0.0185. The Morgan fingerprint density at radius 1 is 1.36 bits per heavy atom. The van der Waals surface area contributed by atoms with E-state index < -0.39 is 0 Å². The van der Waals surface area contributed by atoms with Crippen molar-refractivity contribution < 1.29 is 0 Å². The lowest BCUT2D eigenvalue weighted by Crippen LogP contribution is -2.13. The van der Waals surface area contributed by atoms with Crippen molar-refractivity contribution in [2.75, 3.05) is 0 Å². The maximum atomic E-state index is 4.39. The summed E-state index contributed by atoms with van der Waals surface area (Å²) in [6.45, 7) is 6.25. The molecule has 0 radical (unpaired) electrons. The standard InChI is InChI=1S/C8H11N5S/c1-8(2,3)6-11-7(14-12-6)13-5-9-4-10-13/h4-5H,1-3H3. The van der Waals surface area contributed by atoms with E-state index in [1.807, 2.05) is 0 Å². The van der Waals surface area contributed by atoms with E-state index in [2.05, 4.69) is 40.2 Å². The molecule has 0 unspecified atom stereocenters. The van der Waals surface area contributed by atoms with Gasteiger partial charge in [-0.15, -0.1) is 0 Å². The van der Waals surface area contributed by atoms with Crippen molar-refractivity contribution in [1.29, 1.82) is 0 Å². The van der Waals surface area contributed by atoms with Crippen LogP contribution in [0, 0.1) is 0 Å². The van der Waals surface area contributed by atoms with Crippen LogP contribution >= 0.6 is 11.5 Å². The molecule has 0 saturated carbocycles. The van der Waals surface area contributed by atoms with Crippen LogP contribution in [-0.4, -0.2) is 24.1 Å². The third kappa shape index (κ3) is 1.65. The molecule has 0 aromatic carbocycles. The van der Waals surface area contributed by atoms with Gasteiger partial charge < -0.3 is 0 Å². The third-order valence-electron chi connectivity index (χ3n) is 1.70. The van der Waals surface area contributed by atoms with E-state index in [4.69, 9.17) is 0 Å². The first kappa shape index (κ1) is 9.26. The molecule has 0 spiro atoms. The molecule has 0 saturated heterocycles. The lowest BCUT2D eigenvalue weighted by molar-refractivity contribution is 0.553. The van der Waals surface area contributed by atoms with Gasteiger partial charge in [0.1, 0.15) is 18.5 Å². The molecule has 0 bridgehead atoms. The highest BCUT2D eigenvalue weighted by Crippen LogP contribution is 2.21. The molecular weight excluding hydrogens is 198 g/mol.